The molecule has 5 heteroatoms. The van der Waals surface area contributed by atoms with Crippen molar-refractivity contribution in [3.63, 3.8) is 0 Å². The SMILES string of the molecule is N#CC1(C#N)CC=C2C(Cl)=CCCCC2C1(C#N)C#N. The van der Waals surface area contributed by atoms with Crippen LogP contribution in [0.3, 0.4) is 0 Å². The van der Waals surface area contributed by atoms with E-state index in [0.717, 1.165) is 18.4 Å². The van der Waals surface area contributed by atoms with E-state index in [0.29, 0.717) is 11.5 Å². The van der Waals surface area contributed by atoms with Crippen LogP contribution in [-0.4, -0.2) is 0 Å². The summed E-state index contributed by atoms with van der Waals surface area (Å²) in [6.07, 6.45) is 5.79. The first-order chi connectivity index (χ1) is 9.60. The average Bonchev–Trinajstić information content (AvgIpc) is 2.68. The summed E-state index contributed by atoms with van der Waals surface area (Å²) in [5.74, 6) is -0.489. The molecule has 0 spiro atoms. The van der Waals surface area contributed by atoms with Gasteiger partial charge in [0, 0.05) is 17.4 Å². The van der Waals surface area contributed by atoms with E-state index in [9.17, 15) is 21.0 Å². The van der Waals surface area contributed by atoms with Gasteiger partial charge in [-0.15, -0.1) is 0 Å². The molecular weight excluding hydrogens is 272 g/mol. The fraction of sp³-hybridized carbons (Fsp3) is 0.467. The van der Waals surface area contributed by atoms with E-state index in [-0.39, 0.29) is 6.42 Å². The number of hydrogen-bond acceptors (Lipinski definition) is 4. The second-order valence-electron chi connectivity index (χ2n) is 5.06. The van der Waals surface area contributed by atoms with Crippen LogP contribution >= 0.6 is 11.6 Å². The third-order valence-corrected chi connectivity index (χ3v) is 4.60. The van der Waals surface area contributed by atoms with E-state index >= 15 is 0 Å². The molecule has 0 radical (unpaired) electrons. The predicted octanol–water partition coefficient (Wildman–Crippen LogP) is 3.31. The highest BCUT2D eigenvalue weighted by Gasteiger charge is 2.61. The second-order valence-corrected chi connectivity index (χ2v) is 5.47. The quantitative estimate of drug-likeness (QED) is 0.681. The molecule has 0 aromatic rings. The van der Waals surface area contributed by atoms with Crippen molar-refractivity contribution in [1.82, 2.24) is 0 Å². The predicted molar refractivity (Wildman–Crippen MR) is 71.3 cm³/mol. The summed E-state index contributed by atoms with van der Waals surface area (Å²) < 4.78 is 0. The van der Waals surface area contributed by atoms with Gasteiger partial charge < -0.3 is 0 Å². The number of halogens is 1. The summed E-state index contributed by atoms with van der Waals surface area (Å²) in [5, 5.41) is 38.5. The Bertz CT molecular complexity index is 632. The Morgan fingerprint density at radius 3 is 2.25 bits per heavy atom. The van der Waals surface area contributed by atoms with Gasteiger partial charge in [0.1, 0.15) is 0 Å². The largest absolute Gasteiger partial charge is 0.196 e. The molecule has 0 aliphatic heterocycles. The molecule has 0 saturated carbocycles. The summed E-state index contributed by atoms with van der Waals surface area (Å²) in [6, 6.07) is 7.78. The van der Waals surface area contributed by atoms with Gasteiger partial charge in [0.2, 0.25) is 0 Å². The lowest BCUT2D eigenvalue weighted by Gasteiger charge is -2.41. The number of nitriles is 4. The van der Waals surface area contributed by atoms with E-state index in [1.807, 2.05) is 30.4 Å². The van der Waals surface area contributed by atoms with Crippen LogP contribution < -0.4 is 0 Å². The van der Waals surface area contributed by atoms with Crippen LogP contribution in [0, 0.1) is 62.1 Å². The van der Waals surface area contributed by atoms with Gasteiger partial charge in [0.15, 0.2) is 10.8 Å². The number of hydrogen-bond donors (Lipinski definition) is 0. The Morgan fingerprint density at radius 2 is 1.70 bits per heavy atom. The summed E-state index contributed by atoms with van der Waals surface area (Å²) >= 11 is 6.22. The van der Waals surface area contributed by atoms with Crippen molar-refractivity contribution in [3.05, 3.63) is 22.8 Å². The zero-order chi connectivity index (χ0) is 14.8. The number of allylic oxidation sites excluding steroid dienone is 4. The number of fused-ring (bicyclic) bond motifs is 1. The van der Waals surface area contributed by atoms with Gasteiger partial charge in [0.25, 0.3) is 0 Å². The summed E-state index contributed by atoms with van der Waals surface area (Å²) in [4.78, 5) is 0. The van der Waals surface area contributed by atoms with Crippen molar-refractivity contribution in [1.29, 1.82) is 21.0 Å². The molecule has 0 fully saturated rings. The van der Waals surface area contributed by atoms with Gasteiger partial charge in [-0.3, -0.25) is 0 Å². The van der Waals surface area contributed by atoms with Crippen LogP contribution in [0.5, 0.6) is 0 Å². The molecule has 1 atom stereocenters. The third-order valence-electron chi connectivity index (χ3n) is 4.23. The monoisotopic (exact) mass is 282 g/mol. The molecule has 1 unspecified atom stereocenters. The highest BCUT2D eigenvalue weighted by Crippen LogP contribution is 2.56. The third kappa shape index (κ3) is 1.63. The molecule has 4 nitrogen and oxygen atoms in total. The first-order valence-corrected chi connectivity index (χ1v) is 6.69. The topological polar surface area (TPSA) is 95.2 Å². The van der Waals surface area contributed by atoms with E-state index < -0.39 is 16.7 Å². The van der Waals surface area contributed by atoms with Crippen LogP contribution in [0.4, 0.5) is 0 Å². The first-order valence-electron chi connectivity index (χ1n) is 6.32. The lowest BCUT2D eigenvalue weighted by atomic mass is 9.53. The maximum atomic E-state index is 9.59. The minimum absolute atomic E-state index is 0.0526. The zero-order valence-corrected chi connectivity index (χ0v) is 11.5. The van der Waals surface area contributed by atoms with E-state index in [2.05, 4.69) is 0 Å². The van der Waals surface area contributed by atoms with Crippen molar-refractivity contribution >= 4 is 11.6 Å². The molecule has 20 heavy (non-hydrogen) atoms. The van der Waals surface area contributed by atoms with Gasteiger partial charge in [-0.25, -0.2) is 0 Å². The zero-order valence-electron chi connectivity index (χ0n) is 10.7. The Hall–Kier alpha value is -2.27. The molecule has 98 valence electrons. The van der Waals surface area contributed by atoms with Crippen LogP contribution in [0.2, 0.25) is 0 Å². The molecule has 0 heterocycles. The fourth-order valence-electron chi connectivity index (χ4n) is 3.07. The minimum Gasteiger partial charge on any atom is -0.196 e. The van der Waals surface area contributed by atoms with Crippen molar-refractivity contribution in [2.45, 2.75) is 25.7 Å². The van der Waals surface area contributed by atoms with E-state index in [1.54, 1.807) is 6.08 Å². The van der Waals surface area contributed by atoms with Gasteiger partial charge >= 0.3 is 0 Å². The van der Waals surface area contributed by atoms with Crippen molar-refractivity contribution < 1.29 is 0 Å². The summed E-state index contributed by atoms with van der Waals surface area (Å²) in [6.45, 7) is 0. The van der Waals surface area contributed by atoms with Gasteiger partial charge in [-0.1, -0.05) is 23.8 Å². The van der Waals surface area contributed by atoms with Crippen molar-refractivity contribution in [2.24, 2.45) is 16.7 Å². The number of nitrogens with zero attached hydrogens (tertiary/aromatic N) is 4. The van der Waals surface area contributed by atoms with Crippen LogP contribution in [-0.2, 0) is 0 Å². The molecule has 2 aliphatic carbocycles. The Balaban J connectivity index is 2.73. The van der Waals surface area contributed by atoms with E-state index in [4.69, 9.17) is 11.6 Å². The highest BCUT2D eigenvalue weighted by atomic mass is 35.5. The summed E-state index contributed by atoms with van der Waals surface area (Å²) in [7, 11) is 0. The fourth-order valence-corrected chi connectivity index (χ4v) is 3.38. The van der Waals surface area contributed by atoms with Gasteiger partial charge in [-0.2, -0.15) is 21.0 Å². The van der Waals surface area contributed by atoms with Crippen LogP contribution in [0.15, 0.2) is 22.8 Å². The molecule has 0 saturated heterocycles. The standard InChI is InChI=1S/C15H11ClN4/c16-13-4-2-1-3-12-11(13)5-6-14(7-17,8-18)15(12,9-19)10-20/h4-5,12H,1-3,6H2. The van der Waals surface area contributed by atoms with Crippen molar-refractivity contribution in [3.8, 4) is 24.3 Å². The van der Waals surface area contributed by atoms with Crippen molar-refractivity contribution in [2.75, 3.05) is 0 Å². The van der Waals surface area contributed by atoms with Crippen LogP contribution in [0.1, 0.15) is 25.7 Å². The first kappa shape index (κ1) is 14.1. The minimum atomic E-state index is -1.67. The normalized spacial score (nSPS) is 26.1. The Morgan fingerprint density at radius 1 is 1.05 bits per heavy atom. The molecule has 2 aliphatic rings. The van der Waals surface area contributed by atoms with E-state index in [1.165, 1.54) is 0 Å². The molecule has 0 aromatic heterocycles. The second kappa shape index (κ2) is 5.02. The molecule has 0 amide bonds. The number of rotatable bonds is 0. The Kier molecular flexibility index (Phi) is 3.55. The lowest BCUT2D eigenvalue weighted by molar-refractivity contribution is 0.194. The average molecular weight is 283 g/mol. The van der Waals surface area contributed by atoms with Crippen LogP contribution in [0.25, 0.3) is 0 Å². The molecule has 2 rings (SSSR count). The maximum Gasteiger partial charge on any atom is 0.182 e. The molecule has 0 N–H and O–H groups in total. The molecule has 0 bridgehead atoms. The highest BCUT2D eigenvalue weighted by molar-refractivity contribution is 6.32. The van der Waals surface area contributed by atoms with Gasteiger partial charge in [-0.05, 0) is 24.8 Å². The molecule has 0 aromatic carbocycles. The van der Waals surface area contributed by atoms with Gasteiger partial charge in [0.05, 0.1) is 24.3 Å². The maximum absolute atomic E-state index is 9.59. The lowest BCUT2D eigenvalue weighted by Crippen LogP contribution is -2.47. The smallest absolute Gasteiger partial charge is 0.182 e. The summed E-state index contributed by atoms with van der Waals surface area (Å²) in [5.41, 5.74) is -2.57. The Labute approximate surface area is 122 Å². The molecular formula is C15H11ClN4.